The predicted molar refractivity (Wildman–Crippen MR) is 88.1 cm³/mol. The number of carbonyl (C=O) groups excluding carboxylic acids is 1. The Labute approximate surface area is 140 Å². The number of carbonyl (C=O) groups is 1. The van der Waals surface area contributed by atoms with Crippen LogP contribution in [0.5, 0.6) is 0 Å². The van der Waals surface area contributed by atoms with E-state index in [1.165, 1.54) is 12.4 Å². The van der Waals surface area contributed by atoms with E-state index in [1.807, 2.05) is 10.8 Å². The highest BCUT2D eigenvalue weighted by Gasteiger charge is 2.51. The largest absolute Gasteiger partial charge is 0.383 e. The third kappa shape index (κ3) is 2.84. The molecule has 0 aliphatic carbocycles. The Hall–Kier alpha value is -2.48. The van der Waals surface area contributed by atoms with Gasteiger partial charge in [-0.25, -0.2) is 15.0 Å². The molecule has 1 aliphatic heterocycles. The van der Waals surface area contributed by atoms with Gasteiger partial charge >= 0.3 is 0 Å². The van der Waals surface area contributed by atoms with Crippen LogP contribution in [0.25, 0.3) is 0 Å². The number of aromatic nitrogens is 4. The number of hydrogen-bond donors (Lipinski definition) is 1. The van der Waals surface area contributed by atoms with Crippen LogP contribution >= 0.6 is 0 Å². The SMILES string of the molecule is COCCn1ccnc1C1N(C(=O)c2cnc(N)cn2)CC1(C)C. The summed E-state index contributed by atoms with van der Waals surface area (Å²) in [6.07, 6.45) is 6.48. The molecule has 1 unspecified atom stereocenters. The van der Waals surface area contributed by atoms with Crippen molar-refractivity contribution in [2.45, 2.75) is 26.4 Å². The fraction of sp³-hybridized carbons (Fsp3) is 0.500. The summed E-state index contributed by atoms with van der Waals surface area (Å²) in [4.78, 5) is 27.1. The zero-order chi connectivity index (χ0) is 17.3. The number of rotatable bonds is 5. The van der Waals surface area contributed by atoms with Crippen LogP contribution in [-0.4, -0.2) is 50.6 Å². The van der Waals surface area contributed by atoms with Gasteiger partial charge in [-0.15, -0.1) is 0 Å². The molecule has 24 heavy (non-hydrogen) atoms. The van der Waals surface area contributed by atoms with Crippen LogP contribution in [0.4, 0.5) is 5.82 Å². The highest BCUT2D eigenvalue weighted by atomic mass is 16.5. The third-order valence-electron chi connectivity index (χ3n) is 4.31. The van der Waals surface area contributed by atoms with Gasteiger partial charge in [0.05, 0.1) is 25.0 Å². The second-order valence-electron chi connectivity index (χ2n) is 6.62. The van der Waals surface area contributed by atoms with E-state index in [9.17, 15) is 4.79 Å². The Morgan fingerprint density at radius 1 is 1.38 bits per heavy atom. The van der Waals surface area contributed by atoms with Gasteiger partial charge in [0, 0.05) is 38.0 Å². The molecule has 0 aromatic carbocycles. The van der Waals surface area contributed by atoms with E-state index in [0.717, 1.165) is 5.82 Å². The van der Waals surface area contributed by atoms with Crippen LogP contribution in [0.3, 0.4) is 0 Å². The number of ether oxygens (including phenoxy) is 1. The lowest BCUT2D eigenvalue weighted by atomic mass is 9.74. The van der Waals surface area contributed by atoms with Crippen molar-refractivity contribution < 1.29 is 9.53 Å². The van der Waals surface area contributed by atoms with Crippen LogP contribution in [-0.2, 0) is 11.3 Å². The van der Waals surface area contributed by atoms with Gasteiger partial charge in [-0.05, 0) is 0 Å². The number of hydrogen-bond acceptors (Lipinski definition) is 6. The fourth-order valence-electron chi connectivity index (χ4n) is 3.15. The molecular formula is C16H22N6O2. The predicted octanol–water partition coefficient (Wildman–Crippen LogP) is 1.12. The molecule has 0 saturated carbocycles. The van der Waals surface area contributed by atoms with Crippen molar-refractivity contribution in [1.82, 2.24) is 24.4 Å². The molecule has 8 nitrogen and oxygen atoms in total. The quantitative estimate of drug-likeness (QED) is 0.882. The number of likely N-dealkylation sites (tertiary alicyclic amines) is 1. The Morgan fingerprint density at radius 2 is 2.17 bits per heavy atom. The maximum absolute atomic E-state index is 12.8. The molecule has 3 rings (SSSR count). The minimum absolute atomic E-state index is 0.0624. The van der Waals surface area contributed by atoms with Gasteiger partial charge in [0.1, 0.15) is 17.3 Å². The van der Waals surface area contributed by atoms with Crippen LogP contribution in [0, 0.1) is 5.41 Å². The topological polar surface area (TPSA) is 99.2 Å². The van der Waals surface area contributed by atoms with Gasteiger partial charge in [0.25, 0.3) is 5.91 Å². The first-order chi connectivity index (χ1) is 11.4. The third-order valence-corrected chi connectivity index (χ3v) is 4.31. The lowest BCUT2D eigenvalue weighted by Gasteiger charge is -2.53. The van der Waals surface area contributed by atoms with E-state index in [-0.39, 0.29) is 17.4 Å². The van der Waals surface area contributed by atoms with E-state index in [0.29, 0.717) is 31.2 Å². The summed E-state index contributed by atoms with van der Waals surface area (Å²) in [5.41, 5.74) is 5.77. The van der Waals surface area contributed by atoms with Crippen molar-refractivity contribution in [1.29, 1.82) is 0 Å². The Balaban J connectivity index is 1.86. The molecule has 0 radical (unpaired) electrons. The van der Waals surface area contributed by atoms with E-state index >= 15 is 0 Å². The molecule has 1 aliphatic rings. The molecule has 1 fully saturated rings. The summed E-state index contributed by atoms with van der Waals surface area (Å²) in [5.74, 6) is 0.996. The zero-order valence-electron chi connectivity index (χ0n) is 14.1. The first-order valence-corrected chi connectivity index (χ1v) is 7.82. The second kappa shape index (κ2) is 6.20. The molecular weight excluding hydrogens is 308 g/mol. The Kier molecular flexibility index (Phi) is 4.23. The van der Waals surface area contributed by atoms with E-state index in [1.54, 1.807) is 18.2 Å². The lowest BCUT2D eigenvalue weighted by molar-refractivity contribution is -0.0385. The summed E-state index contributed by atoms with van der Waals surface area (Å²) in [6.45, 7) is 6.19. The number of imidazole rings is 1. The standard InChI is InChI=1S/C16H22N6O2/c1-16(2)10-22(15(23)11-8-20-12(17)9-19-11)13(16)14-18-4-5-21(14)6-7-24-3/h4-5,8-9,13H,6-7,10H2,1-3H3,(H2,17,20). The summed E-state index contributed by atoms with van der Waals surface area (Å²) in [5, 5.41) is 0. The number of nitrogen functional groups attached to an aromatic ring is 1. The van der Waals surface area contributed by atoms with Gasteiger partial charge in [-0.2, -0.15) is 0 Å². The molecule has 128 valence electrons. The highest BCUT2D eigenvalue weighted by molar-refractivity contribution is 5.93. The molecule has 1 amide bonds. The van der Waals surface area contributed by atoms with Gasteiger partial charge in [-0.3, -0.25) is 4.79 Å². The van der Waals surface area contributed by atoms with Crippen molar-refractivity contribution in [2.75, 3.05) is 26.0 Å². The molecule has 0 bridgehead atoms. The number of anilines is 1. The minimum atomic E-state index is -0.159. The summed E-state index contributed by atoms with van der Waals surface area (Å²) < 4.78 is 7.18. The summed E-state index contributed by atoms with van der Waals surface area (Å²) in [6, 6.07) is -0.115. The summed E-state index contributed by atoms with van der Waals surface area (Å²) in [7, 11) is 1.67. The maximum atomic E-state index is 12.8. The van der Waals surface area contributed by atoms with Crippen molar-refractivity contribution in [3.05, 3.63) is 36.3 Å². The van der Waals surface area contributed by atoms with E-state index in [4.69, 9.17) is 10.5 Å². The average Bonchev–Trinajstić information content (AvgIpc) is 2.98. The molecule has 8 heteroatoms. The van der Waals surface area contributed by atoms with Crippen LogP contribution < -0.4 is 5.73 Å². The van der Waals surface area contributed by atoms with Gasteiger partial charge in [0.2, 0.25) is 0 Å². The molecule has 3 heterocycles. The van der Waals surface area contributed by atoms with Gasteiger partial charge in [0.15, 0.2) is 0 Å². The van der Waals surface area contributed by atoms with Gasteiger partial charge < -0.3 is 19.9 Å². The fourth-order valence-corrected chi connectivity index (χ4v) is 3.15. The highest BCUT2D eigenvalue weighted by Crippen LogP contribution is 2.48. The van der Waals surface area contributed by atoms with E-state index in [2.05, 4.69) is 28.8 Å². The van der Waals surface area contributed by atoms with Crippen molar-refractivity contribution in [2.24, 2.45) is 5.41 Å². The molecule has 2 N–H and O–H groups in total. The molecule has 0 spiro atoms. The Morgan fingerprint density at radius 3 is 2.79 bits per heavy atom. The number of amides is 1. The molecule has 1 saturated heterocycles. The minimum Gasteiger partial charge on any atom is -0.383 e. The maximum Gasteiger partial charge on any atom is 0.274 e. The zero-order valence-corrected chi connectivity index (χ0v) is 14.1. The van der Waals surface area contributed by atoms with Crippen LogP contribution in [0.15, 0.2) is 24.8 Å². The van der Waals surface area contributed by atoms with Crippen molar-refractivity contribution in [3.8, 4) is 0 Å². The lowest BCUT2D eigenvalue weighted by Crippen LogP contribution is -2.58. The first-order valence-electron chi connectivity index (χ1n) is 7.82. The second-order valence-corrected chi connectivity index (χ2v) is 6.62. The normalized spacial score (nSPS) is 19.1. The smallest absolute Gasteiger partial charge is 0.274 e. The molecule has 2 aromatic heterocycles. The molecule has 2 aromatic rings. The monoisotopic (exact) mass is 330 g/mol. The molecule has 1 atom stereocenters. The number of nitrogens with two attached hydrogens (primary N) is 1. The van der Waals surface area contributed by atoms with Crippen LogP contribution in [0.1, 0.15) is 36.2 Å². The van der Waals surface area contributed by atoms with E-state index < -0.39 is 0 Å². The summed E-state index contributed by atoms with van der Waals surface area (Å²) >= 11 is 0. The van der Waals surface area contributed by atoms with Crippen molar-refractivity contribution >= 4 is 11.7 Å². The number of nitrogens with zero attached hydrogens (tertiary/aromatic N) is 5. The van der Waals surface area contributed by atoms with Crippen molar-refractivity contribution in [3.63, 3.8) is 0 Å². The van der Waals surface area contributed by atoms with Gasteiger partial charge in [-0.1, -0.05) is 13.8 Å². The van der Waals surface area contributed by atoms with Crippen LogP contribution in [0.2, 0.25) is 0 Å². The number of methoxy groups -OCH3 is 1. The Bertz CT molecular complexity index is 724. The first kappa shape index (κ1) is 16.4. The average molecular weight is 330 g/mol.